The lowest BCUT2D eigenvalue weighted by Crippen LogP contribution is -2.27. The summed E-state index contributed by atoms with van der Waals surface area (Å²) in [5, 5.41) is 2.30. The lowest BCUT2D eigenvalue weighted by atomic mass is 10.1. The lowest BCUT2D eigenvalue weighted by molar-refractivity contribution is -0.123. The number of anilines is 1. The Morgan fingerprint density at radius 3 is 2.51 bits per heavy atom. The van der Waals surface area contributed by atoms with Gasteiger partial charge in [0.25, 0.3) is 17.1 Å². The maximum absolute atomic E-state index is 14.0. The van der Waals surface area contributed by atoms with E-state index in [2.05, 4.69) is 5.32 Å². The van der Waals surface area contributed by atoms with Gasteiger partial charge in [0.05, 0.1) is 18.1 Å². The fraction of sp³-hybridized carbons (Fsp3) is 0.179. The molecule has 0 spiro atoms. The van der Waals surface area contributed by atoms with Crippen LogP contribution in [-0.4, -0.2) is 35.2 Å². The molecule has 37 heavy (non-hydrogen) atoms. The molecule has 1 saturated heterocycles. The number of amides is 3. The molecular formula is C28H25FN2O5S. The number of nitrogens with one attached hydrogen (secondary N) is 1. The zero-order chi connectivity index (χ0) is 26.4. The van der Waals surface area contributed by atoms with E-state index in [-0.39, 0.29) is 29.5 Å². The van der Waals surface area contributed by atoms with Gasteiger partial charge in [-0.2, -0.15) is 0 Å². The molecular weight excluding hydrogens is 495 g/mol. The molecule has 3 aromatic rings. The van der Waals surface area contributed by atoms with Crippen LogP contribution >= 0.6 is 11.8 Å². The van der Waals surface area contributed by atoms with E-state index in [1.165, 1.54) is 12.1 Å². The number of ether oxygens (including phenoxy) is 2. The van der Waals surface area contributed by atoms with Crippen LogP contribution in [-0.2, 0) is 16.1 Å². The predicted molar refractivity (Wildman–Crippen MR) is 141 cm³/mol. The van der Waals surface area contributed by atoms with Gasteiger partial charge in [-0.3, -0.25) is 19.3 Å². The summed E-state index contributed by atoms with van der Waals surface area (Å²) < 4.78 is 25.4. The number of benzene rings is 3. The number of hydrogen-bond acceptors (Lipinski definition) is 6. The fourth-order valence-electron chi connectivity index (χ4n) is 3.56. The number of aryl methyl sites for hydroxylation is 1. The monoisotopic (exact) mass is 520 g/mol. The number of halogens is 1. The number of imide groups is 1. The lowest BCUT2D eigenvalue weighted by Gasteiger charge is -2.13. The SMILES string of the molecule is CCOc1cc(/C=C2\SC(=O)N(Cc3ccccc3F)C2=O)ccc1OCC(=O)Nc1ccc(C)cc1. The zero-order valence-electron chi connectivity index (χ0n) is 20.3. The van der Waals surface area contributed by atoms with Crippen LogP contribution < -0.4 is 14.8 Å². The molecule has 7 nitrogen and oxygen atoms in total. The maximum atomic E-state index is 14.0. The second-order valence-corrected chi connectivity index (χ2v) is 9.19. The van der Waals surface area contributed by atoms with Crippen LogP contribution in [0.4, 0.5) is 14.9 Å². The minimum atomic E-state index is -0.496. The molecule has 1 fully saturated rings. The number of carbonyl (C=O) groups excluding carboxylic acids is 3. The molecule has 0 saturated carbocycles. The number of hydrogen-bond donors (Lipinski definition) is 1. The highest BCUT2D eigenvalue weighted by Gasteiger charge is 2.35. The molecule has 0 bridgehead atoms. The van der Waals surface area contributed by atoms with Crippen molar-refractivity contribution in [1.82, 2.24) is 4.90 Å². The second kappa shape index (κ2) is 11.7. The minimum Gasteiger partial charge on any atom is -0.490 e. The van der Waals surface area contributed by atoms with Crippen LogP contribution in [0.15, 0.2) is 71.6 Å². The molecule has 1 heterocycles. The van der Waals surface area contributed by atoms with E-state index in [0.717, 1.165) is 22.2 Å². The van der Waals surface area contributed by atoms with Gasteiger partial charge in [-0.15, -0.1) is 0 Å². The Kier molecular flexibility index (Phi) is 8.25. The highest BCUT2D eigenvalue weighted by molar-refractivity contribution is 8.18. The standard InChI is InChI=1S/C28H25FN2O5S/c1-3-35-24-14-19(10-13-23(24)36-17-26(32)30-21-11-8-18(2)9-12-21)15-25-27(33)31(28(34)37-25)16-20-6-4-5-7-22(20)29/h4-15H,3,16-17H2,1-2H3,(H,30,32)/b25-15-. The van der Waals surface area contributed by atoms with E-state index in [1.807, 2.05) is 38.1 Å². The molecule has 0 radical (unpaired) electrons. The molecule has 4 rings (SSSR count). The molecule has 3 amide bonds. The number of rotatable bonds is 9. The number of carbonyl (C=O) groups is 3. The molecule has 1 N–H and O–H groups in total. The minimum absolute atomic E-state index is 0.143. The molecule has 9 heteroatoms. The van der Waals surface area contributed by atoms with Crippen molar-refractivity contribution in [1.29, 1.82) is 0 Å². The Balaban J connectivity index is 1.44. The first-order chi connectivity index (χ1) is 17.8. The molecule has 3 aromatic carbocycles. The average molecular weight is 521 g/mol. The third-order valence-corrected chi connectivity index (χ3v) is 6.33. The van der Waals surface area contributed by atoms with E-state index in [1.54, 1.807) is 36.4 Å². The van der Waals surface area contributed by atoms with Crippen molar-refractivity contribution in [3.63, 3.8) is 0 Å². The van der Waals surface area contributed by atoms with Gasteiger partial charge in [-0.1, -0.05) is 42.0 Å². The molecule has 0 aliphatic carbocycles. The highest BCUT2D eigenvalue weighted by Crippen LogP contribution is 2.35. The van der Waals surface area contributed by atoms with Crippen LogP contribution in [0.1, 0.15) is 23.6 Å². The maximum Gasteiger partial charge on any atom is 0.293 e. The van der Waals surface area contributed by atoms with E-state index < -0.39 is 17.0 Å². The largest absolute Gasteiger partial charge is 0.490 e. The summed E-state index contributed by atoms with van der Waals surface area (Å²) in [5.41, 5.74) is 2.63. The summed E-state index contributed by atoms with van der Waals surface area (Å²) in [5.74, 6) is -0.533. The third kappa shape index (κ3) is 6.56. The van der Waals surface area contributed by atoms with Crippen molar-refractivity contribution in [3.8, 4) is 11.5 Å². The van der Waals surface area contributed by atoms with E-state index in [9.17, 15) is 18.8 Å². The second-order valence-electron chi connectivity index (χ2n) is 8.20. The number of thioether (sulfide) groups is 1. The summed E-state index contributed by atoms with van der Waals surface area (Å²) in [7, 11) is 0. The van der Waals surface area contributed by atoms with Crippen molar-refractivity contribution < 1.29 is 28.2 Å². The van der Waals surface area contributed by atoms with Gasteiger partial charge in [-0.05, 0) is 67.6 Å². The Hall–Kier alpha value is -4.11. The summed E-state index contributed by atoms with van der Waals surface area (Å²) >= 11 is 0.792. The van der Waals surface area contributed by atoms with Gasteiger partial charge < -0.3 is 14.8 Å². The quantitative estimate of drug-likeness (QED) is 0.360. The van der Waals surface area contributed by atoms with Crippen LogP contribution in [0.5, 0.6) is 11.5 Å². The summed E-state index contributed by atoms with van der Waals surface area (Å²) in [6.07, 6.45) is 1.57. The van der Waals surface area contributed by atoms with Crippen LogP contribution in [0.3, 0.4) is 0 Å². The fourth-order valence-corrected chi connectivity index (χ4v) is 4.40. The van der Waals surface area contributed by atoms with Crippen LogP contribution in [0, 0.1) is 12.7 Å². The number of nitrogens with zero attached hydrogens (tertiary/aromatic N) is 1. The third-order valence-electron chi connectivity index (χ3n) is 5.42. The average Bonchev–Trinajstić information content (AvgIpc) is 3.13. The van der Waals surface area contributed by atoms with E-state index in [0.29, 0.717) is 29.4 Å². The molecule has 0 aromatic heterocycles. The van der Waals surface area contributed by atoms with E-state index >= 15 is 0 Å². The molecule has 1 aliphatic rings. The molecule has 190 valence electrons. The van der Waals surface area contributed by atoms with Crippen molar-refractivity contribution in [2.45, 2.75) is 20.4 Å². The first-order valence-electron chi connectivity index (χ1n) is 11.6. The van der Waals surface area contributed by atoms with Crippen molar-refractivity contribution in [3.05, 3.63) is 94.1 Å². The normalized spacial score (nSPS) is 14.2. The molecule has 0 unspecified atom stereocenters. The van der Waals surface area contributed by atoms with Crippen molar-refractivity contribution >= 4 is 40.6 Å². The summed E-state index contributed by atoms with van der Waals surface area (Å²) in [6.45, 7) is 3.77. The van der Waals surface area contributed by atoms with Gasteiger partial charge in [-0.25, -0.2) is 4.39 Å². The van der Waals surface area contributed by atoms with Crippen LogP contribution in [0.25, 0.3) is 6.08 Å². The Morgan fingerprint density at radius 2 is 1.78 bits per heavy atom. The van der Waals surface area contributed by atoms with Crippen molar-refractivity contribution in [2.75, 3.05) is 18.5 Å². The van der Waals surface area contributed by atoms with Gasteiger partial charge >= 0.3 is 0 Å². The summed E-state index contributed by atoms with van der Waals surface area (Å²) in [4.78, 5) is 38.8. The van der Waals surface area contributed by atoms with Gasteiger partial charge in [0.1, 0.15) is 5.82 Å². The summed E-state index contributed by atoms with van der Waals surface area (Å²) in [6, 6.07) is 18.4. The Labute approximate surface area is 218 Å². The smallest absolute Gasteiger partial charge is 0.293 e. The molecule has 0 atom stereocenters. The first-order valence-corrected chi connectivity index (χ1v) is 12.4. The molecule has 1 aliphatic heterocycles. The Bertz CT molecular complexity index is 1360. The topological polar surface area (TPSA) is 84.9 Å². The van der Waals surface area contributed by atoms with Gasteiger partial charge in [0.2, 0.25) is 0 Å². The van der Waals surface area contributed by atoms with E-state index in [4.69, 9.17) is 9.47 Å². The van der Waals surface area contributed by atoms with Gasteiger partial charge in [0, 0.05) is 11.3 Å². The predicted octanol–water partition coefficient (Wildman–Crippen LogP) is 5.79. The first kappa shape index (κ1) is 26.0. The van der Waals surface area contributed by atoms with Crippen molar-refractivity contribution in [2.24, 2.45) is 0 Å². The highest BCUT2D eigenvalue weighted by atomic mass is 32.2. The Morgan fingerprint density at radius 1 is 1.03 bits per heavy atom. The van der Waals surface area contributed by atoms with Crippen LogP contribution in [0.2, 0.25) is 0 Å². The van der Waals surface area contributed by atoms with Gasteiger partial charge in [0.15, 0.2) is 18.1 Å². The zero-order valence-corrected chi connectivity index (χ0v) is 21.1.